The summed E-state index contributed by atoms with van der Waals surface area (Å²) in [7, 11) is 0. The van der Waals surface area contributed by atoms with Crippen LogP contribution in [0.25, 0.3) is 0 Å². The van der Waals surface area contributed by atoms with Crippen LogP contribution in [-0.4, -0.2) is 32.8 Å². The summed E-state index contributed by atoms with van der Waals surface area (Å²) in [4.78, 5) is 49.8. The number of hydrogen-bond acceptors (Lipinski definition) is 4. The smallest absolute Gasteiger partial charge is 0.296 e. The Morgan fingerprint density at radius 2 is 1.48 bits per heavy atom. The van der Waals surface area contributed by atoms with Crippen molar-refractivity contribution in [3.05, 3.63) is 80.1 Å². The van der Waals surface area contributed by atoms with Crippen molar-refractivity contribution >= 4 is 11.8 Å². The zero-order chi connectivity index (χ0) is 19.8. The van der Waals surface area contributed by atoms with Gasteiger partial charge in [0.05, 0.1) is 11.1 Å². The molecule has 2 amide bonds. The number of rotatable bonds is 4. The molecular formula is C17H12F3N3O4. The van der Waals surface area contributed by atoms with Gasteiger partial charge in [-0.2, -0.15) is 13.2 Å². The minimum absolute atomic E-state index is 0.101. The van der Waals surface area contributed by atoms with Crippen molar-refractivity contribution in [2.24, 2.45) is 0 Å². The van der Waals surface area contributed by atoms with Crippen LogP contribution >= 0.6 is 0 Å². The Kier molecular flexibility index (Phi) is 4.56. The van der Waals surface area contributed by atoms with Crippen molar-refractivity contribution in [3.8, 4) is 0 Å². The predicted molar refractivity (Wildman–Crippen MR) is 87.3 cm³/mol. The average Bonchev–Trinajstić information content (AvgIpc) is 2.84. The monoisotopic (exact) mass is 379 g/mol. The highest BCUT2D eigenvalue weighted by Crippen LogP contribution is 2.25. The molecule has 0 atom stereocenters. The molecule has 0 spiro atoms. The summed E-state index contributed by atoms with van der Waals surface area (Å²) < 4.78 is 38.9. The van der Waals surface area contributed by atoms with E-state index in [1.165, 1.54) is 24.3 Å². The highest BCUT2D eigenvalue weighted by atomic mass is 19.4. The van der Waals surface area contributed by atoms with E-state index < -0.39 is 34.8 Å². The van der Waals surface area contributed by atoms with E-state index in [-0.39, 0.29) is 24.2 Å². The molecule has 2 aromatic rings. The van der Waals surface area contributed by atoms with Gasteiger partial charge < -0.3 is 0 Å². The van der Waals surface area contributed by atoms with Crippen LogP contribution in [0, 0.1) is 0 Å². The fraction of sp³-hybridized carbons (Fsp3) is 0.176. The first-order valence-corrected chi connectivity index (χ1v) is 7.71. The third-order valence-corrected chi connectivity index (χ3v) is 3.95. The Balaban J connectivity index is 1.73. The molecule has 10 heteroatoms. The van der Waals surface area contributed by atoms with Gasteiger partial charge in [0, 0.05) is 19.3 Å². The quantitative estimate of drug-likeness (QED) is 0.642. The molecule has 2 heterocycles. The molecule has 27 heavy (non-hydrogen) atoms. The first-order valence-electron chi connectivity index (χ1n) is 7.71. The fourth-order valence-corrected chi connectivity index (χ4v) is 2.62. The molecule has 1 aromatic heterocycles. The highest BCUT2D eigenvalue weighted by Gasteiger charge is 2.35. The summed E-state index contributed by atoms with van der Waals surface area (Å²) in [5.74, 6) is -0.943. The predicted octanol–water partition coefficient (Wildman–Crippen LogP) is 1.41. The van der Waals surface area contributed by atoms with Gasteiger partial charge in [-0.25, -0.2) is 4.79 Å². The standard InChI is InChI=1S/C17H12F3N3O4/c18-17(19,20)12-9-22(16(27)21-13(12)24)7-3-4-8-23-14(25)10-5-1-2-6-11(10)15(23)26/h1-6,9H,7-8H2,(H,21,24,27)/b4-3+. The van der Waals surface area contributed by atoms with Crippen molar-refractivity contribution in [3.63, 3.8) is 0 Å². The number of fused-ring (bicyclic) bond motifs is 1. The number of nitrogens with zero attached hydrogens (tertiary/aromatic N) is 2. The number of amides is 2. The number of imide groups is 1. The maximum atomic E-state index is 12.7. The third-order valence-electron chi connectivity index (χ3n) is 3.95. The molecule has 0 fully saturated rings. The van der Waals surface area contributed by atoms with Crippen molar-refractivity contribution in [2.75, 3.05) is 6.54 Å². The van der Waals surface area contributed by atoms with E-state index in [2.05, 4.69) is 0 Å². The lowest BCUT2D eigenvalue weighted by Gasteiger charge is -2.11. The minimum atomic E-state index is -4.90. The van der Waals surface area contributed by atoms with Gasteiger partial charge in [0.2, 0.25) is 0 Å². The number of hydrogen-bond donors (Lipinski definition) is 1. The summed E-state index contributed by atoms with van der Waals surface area (Å²) in [6.07, 6.45) is -1.77. The van der Waals surface area contributed by atoms with Gasteiger partial charge >= 0.3 is 11.9 Å². The van der Waals surface area contributed by atoms with Crippen molar-refractivity contribution in [2.45, 2.75) is 12.7 Å². The average molecular weight is 379 g/mol. The Morgan fingerprint density at radius 3 is 2.04 bits per heavy atom. The molecule has 1 aliphatic heterocycles. The molecule has 0 saturated heterocycles. The minimum Gasteiger partial charge on any atom is -0.296 e. The second-order valence-electron chi connectivity index (χ2n) is 5.69. The van der Waals surface area contributed by atoms with Gasteiger partial charge in [-0.1, -0.05) is 24.3 Å². The molecule has 0 unspecified atom stereocenters. The van der Waals surface area contributed by atoms with Gasteiger partial charge in [0.15, 0.2) is 0 Å². The number of carbonyl (C=O) groups is 2. The van der Waals surface area contributed by atoms with Crippen LogP contribution in [0.15, 0.2) is 52.2 Å². The zero-order valence-corrected chi connectivity index (χ0v) is 13.6. The van der Waals surface area contributed by atoms with Crippen LogP contribution < -0.4 is 11.2 Å². The Bertz CT molecular complexity index is 1030. The van der Waals surface area contributed by atoms with Gasteiger partial charge in [-0.15, -0.1) is 0 Å². The van der Waals surface area contributed by atoms with E-state index in [0.717, 1.165) is 4.90 Å². The number of aromatic nitrogens is 2. The normalized spacial score (nSPS) is 14.3. The van der Waals surface area contributed by atoms with E-state index in [4.69, 9.17) is 0 Å². The van der Waals surface area contributed by atoms with Crippen LogP contribution in [0.3, 0.4) is 0 Å². The summed E-state index contributed by atoms with van der Waals surface area (Å²) >= 11 is 0. The SMILES string of the molecule is O=C1c2ccccc2C(=O)N1C/C=C/Cn1cc(C(F)(F)F)c(=O)[nH]c1=O. The van der Waals surface area contributed by atoms with Crippen LogP contribution in [0.4, 0.5) is 13.2 Å². The Labute approximate surface area is 149 Å². The molecular weight excluding hydrogens is 367 g/mol. The van der Waals surface area contributed by atoms with E-state index in [1.807, 2.05) is 0 Å². The van der Waals surface area contributed by atoms with Gasteiger partial charge in [0.1, 0.15) is 5.56 Å². The molecule has 3 rings (SSSR count). The van der Waals surface area contributed by atoms with Gasteiger partial charge in [-0.05, 0) is 12.1 Å². The van der Waals surface area contributed by atoms with Crippen molar-refractivity contribution < 1.29 is 22.8 Å². The molecule has 0 aliphatic carbocycles. The van der Waals surface area contributed by atoms with Crippen LogP contribution in [0.5, 0.6) is 0 Å². The number of allylic oxidation sites excluding steroid dienone is 1. The summed E-state index contributed by atoms with van der Waals surface area (Å²) in [6.45, 7) is -0.377. The molecule has 140 valence electrons. The van der Waals surface area contributed by atoms with E-state index in [9.17, 15) is 32.3 Å². The number of alkyl halides is 3. The van der Waals surface area contributed by atoms with Crippen LogP contribution in [0.1, 0.15) is 26.3 Å². The number of carbonyl (C=O) groups excluding carboxylic acids is 2. The van der Waals surface area contributed by atoms with Gasteiger partial charge in [0.25, 0.3) is 17.4 Å². The van der Waals surface area contributed by atoms with Crippen molar-refractivity contribution in [1.82, 2.24) is 14.5 Å². The highest BCUT2D eigenvalue weighted by molar-refractivity contribution is 6.21. The maximum absolute atomic E-state index is 12.7. The molecule has 0 radical (unpaired) electrons. The number of H-pyrrole nitrogens is 1. The van der Waals surface area contributed by atoms with E-state index in [1.54, 1.807) is 17.1 Å². The van der Waals surface area contributed by atoms with E-state index >= 15 is 0 Å². The largest absolute Gasteiger partial charge is 0.423 e. The molecule has 0 bridgehead atoms. The summed E-state index contributed by atoms with van der Waals surface area (Å²) in [6, 6.07) is 6.31. The Morgan fingerprint density at radius 1 is 0.926 bits per heavy atom. The number of halogens is 3. The molecule has 1 aliphatic rings. The number of nitrogens with one attached hydrogen (secondary N) is 1. The molecule has 0 saturated carbocycles. The topological polar surface area (TPSA) is 92.2 Å². The van der Waals surface area contributed by atoms with Crippen LogP contribution in [0.2, 0.25) is 0 Å². The van der Waals surface area contributed by atoms with Crippen molar-refractivity contribution in [1.29, 1.82) is 0 Å². The molecule has 1 N–H and O–H groups in total. The Hall–Kier alpha value is -3.43. The lowest BCUT2D eigenvalue weighted by Crippen LogP contribution is -2.34. The maximum Gasteiger partial charge on any atom is 0.423 e. The van der Waals surface area contributed by atoms with Gasteiger partial charge in [-0.3, -0.25) is 28.8 Å². The third kappa shape index (κ3) is 3.46. The summed E-state index contributed by atoms with van der Waals surface area (Å²) in [5, 5.41) is 0. The summed E-state index contributed by atoms with van der Waals surface area (Å²) in [5.41, 5.74) is -3.45. The number of benzene rings is 1. The fourth-order valence-electron chi connectivity index (χ4n) is 2.62. The molecule has 7 nitrogen and oxygen atoms in total. The van der Waals surface area contributed by atoms with E-state index in [0.29, 0.717) is 10.8 Å². The molecule has 1 aromatic carbocycles. The number of aromatic amines is 1. The second-order valence-corrected chi connectivity index (χ2v) is 5.69. The van der Waals surface area contributed by atoms with Crippen LogP contribution in [-0.2, 0) is 12.7 Å². The first-order chi connectivity index (χ1) is 12.7. The lowest BCUT2D eigenvalue weighted by atomic mass is 10.1. The zero-order valence-electron chi connectivity index (χ0n) is 13.6. The second kappa shape index (κ2) is 6.71. The lowest BCUT2D eigenvalue weighted by molar-refractivity contribution is -0.139. The first kappa shape index (κ1) is 18.4.